The van der Waals surface area contributed by atoms with E-state index in [1.54, 1.807) is 0 Å². The molecule has 2 aromatic rings. The summed E-state index contributed by atoms with van der Waals surface area (Å²) < 4.78 is 64.0. The van der Waals surface area contributed by atoms with Crippen LogP contribution in [0, 0.1) is 22.0 Å². The molecule has 6 nitrogen and oxygen atoms in total. The third-order valence-corrected chi connectivity index (χ3v) is 4.51. The van der Waals surface area contributed by atoms with Gasteiger partial charge in [0.05, 0.1) is 21.9 Å². The van der Waals surface area contributed by atoms with Crippen LogP contribution in [0.25, 0.3) is 0 Å². The number of halogens is 3. The molecule has 0 amide bonds. The van der Waals surface area contributed by atoms with Gasteiger partial charge in [-0.3, -0.25) is 10.1 Å². The second-order valence-corrected chi connectivity index (χ2v) is 6.73. The first-order valence-corrected chi connectivity index (χ1v) is 8.48. The van der Waals surface area contributed by atoms with Crippen molar-refractivity contribution in [2.75, 3.05) is 6.54 Å². The largest absolute Gasteiger partial charge is 0.416 e. The Morgan fingerprint density at radius 1 is 1.12 bits per heavy atom. The first-order valence-electron chi connectivity index (χ1n) is 7.00. The fourth-order valence-corrected chi connectivity index (χ4v) is 2.86. The van der Waals surface area contributed by atoms with Crippen molar-refractivity contribution in [2.45, 2.75) is 11.1 Å². The Balaban J connectivity index is 2.10. The number of rotatable bonds is 4. The molecular formula is C16H11F3N2O4S. The van der Waals surface area contributed by atoms with Crippen LogP contribution in [0.5, 0.6) is 0 Å². The first kappa shape index (κ1) is 19.4. The van der Waals surface area contributed by atoms with E-state index >= 15 is 0 Å². The highest BCUT2D eigenvalue weighted by molar-refractivity contribution is 7.89. The van der Waals surface area contributed by atoms with Gasteiger partial charge in [-0.05, 0) is 24.3 Å². The maximum absolute atomic E-state index is 12.6. The van der Waals surface area contributed by atoms with Gasteiger partial charge in [0.25, 0.3) is 5.69 Å². The van der Waals surface area contributed by atoms with E-state index in [1.807, 2.05) is 0 Å². The molecule has 136 valence electrons. The molecule has 10 heteroatoms. The minimum absolute atomic E-state index is 0.0781. The Hall–Kier alpha value is -2.90. The van der Waals surface area contributed by atoms with Crippen molar-refractivity contribution in [1.29, 1.82) is 0 Å². The van der Waals surface area contributed by atoms with E-state index in [1.165, 1.54) is 24.3 Å². The number of hydrogen-bond donors (Lipinski definition) is 1. The van der Waals surface area contributed by atoms with Gasteiger partial charge in [0.1, 0.15) is 0 Å². The van der Waals surface area contributed by atoms with Gasteiger partial charge >= 0.3 is 6.18 Å². The van der Waals surface area contributed by atoms with E-state index in [0.717, 1.165) is 24.3 Å². The first-order chi connectivity index (χ1) is 12.1. The number of nitrogens with one attached hydrogen (secondary N) is 1. The average Bonchev–Trinajstić information content (AvgIpc) is 2.58. The molecule has 2 aromatic carbocycles. The molecule has 0 aromatic heterocycles. The van der Waals surface area contributed by atoms with Crippen molar-refractivity contribution < 1.29 is 26.5 Å². The molecule has 0 saturated carbocycles. The molecule has 0 heterocycles. The monoisotopic (exact) mass is 384 g/mol. The predicted octanol–water partition coefficient (Wildman–Crippen LogP) is 2.94. The van der Waals surface area contributed by atoms with Crippen molar-refractivity contribution >= 4 is 15.7 Å². The summed E-state index contributed by atoms with van der Waals surface area (Å²) in [5.41, 5.74) is -1.17. The SMILES string of the molecule is O=[N+]([O-])c1cccc(S(=O)(=O)NCC#Cc2cccc(C(F)(F)F)c2)c1. The summed E-state index contributed by atoms with van der Waals surface area (Å²) in [5.74, 6) is 4.83. The zero-order chi connectivity index (χ0) is 19.4. The van der Waals surface area contributed by atoms with Crippen molar-refractivity contribution in [1.82, 2.24) is 4.72 Å². The topological polar surface area (TPSA) is 89.3 Å². The summed E-state index contributed by atoms with van der Waals surface area (Å²) in [6.07, 6.45) is -4.50. The Bertz CT molecular complexity index is 992. The fourth-order valence-electron chi connectivity index (χ4n) is 1.90. The van der Waals surface area contributed by atoms with E-state index in [4.69, 9.17) is 0 Å². The Morgan fingerprint density at radius 2 is 1.81 bits per heavy atom. The summed E-state index contributed by atoms with van der Waals surface area (Å²) in [7, 11) is -4.04. The summed E-state index contributed by atoms with van der Waals surface area (Å²) >= 11 is 0. The molecule has 26 heavy (non-hydrogen) atoms. The van der Waals surface area contributed by atoms with Crippen LogP contribution in [0.15, 0.2) is 53.4 Å². The molecule has 0 aliphatic rings. The van der Waals surface area contributed by atoms with E-state index in [2.05, 4.69) is 16.6 Å². The second kappa shape index (κ2) is 7.55. The molecule has 0 radical (unpaired) electrons. The smallest absolute Gasteiger partial charge is 0.258 e. The molecule has 2 rings (SSSR count). The standard InChI is InChI=1S/C16H11F3N2O4S/c17-16(18,19)13-6-1-4-12(10-13)5-3-9-20-26(24,25)15-8-2-7-14(11-15)21(22)23/h1-2,4,6-8,10-11,20H,9H2. The van der Waals surface area contributed by atoms with Crippen molar-refractivity contribution in [3.63, 3.8) is 0 Å². The van der Waals surface area contributed by atoms with Gasteiger partial charge in [-0.1, -0.05) is 24.0 Å². The number of alkyl halides is 3. The van der Waals surface area contributed by atoms with E-state index in [-0.39, 0.29) is 22.7 Å². The van der Waals surface area contributed by atoms with E-state index in [9.17, 15) is 31.7 Å². The lowest BCUT2D eigenvalue weighted by molar-refractivity contribution is -0.385. The molecule has 0 unspecified atom stereocenters. The van der Waals surface area contributed by atoms with Gasteiger partial charge in [-0.25, -0.2) is 8.42 Å². The minimum atomic E-state index is -4.50. The van der Waals surface area contributed by atoms with Crippen LogP contribution in [0.3, 0.4) is 0 Å². The lowest BCUT2D eigenvalue weighted by Gasteiger charge is -2.06. The van der Waals surface area contributed by atoms with Crippen LogP contribution in [-0.4, -0.2) is 19.9 Å². The summed E-state index contributed by atoms with van der Waals surface area (Å²) in [5, 5.41) is 10.7. The molecule has 0 aliphatic carbocycles. The number of hydrogen-bond acceptors (Lipinski definition) is 4. The maximum Gasteiger partial charge on any atom is 0.416 e. The molecule has 0 atom stereocenters. The van der Waals surface area contributed by atoms with Crippen LogP contribution in [0.2, 0.25) is 0 Å². The molecular weight excluding hydrogens is 373 g/mol. The number of nitrogens with zero attached hydrogens (tertiary/aromatic N) is 1. The summed E-state index contributed by atoms with van der Waals surface area (Å²) in [6, 6.07) is 8.74. The van der Waals surface area contributed by atoms with Crippen molar-refractivity contribution in [3.8, 4) is 11.8 Å². The van der Waals surface area contributed by atoms with Gasteiger partial charge in [-0.2, -0.15) is 17.9 Å². The van der Waals surface area contributed by atoms with Gasteiger partial charge in [0.15, 0.2) is 0 Å². The lowest BCUT2D eigenvalue weighted by Crippen LogP contribution is -2.24. The highest BCUT2D eigenvalue weighted by Gasteiger charge is 2.30. The minimum Gasteiger partial charge on any atom is -0.258 e. The van der Waals surface area contributed by atoms with E-state index in [0.29, 0.717) is 0 Å². The summed E-state index contributed by atoms with van der Waals surface area (Å²) in [6.45, 7) is -0.374. The third-order valence-electron chi connectivity index (χ3n) is 3.11. The van der Waals surface area contributed by atoms with Gasteiger partial charge in [0.2, 0.25) is 10.0 Å². The van der Waals surface area contributed by atoms with Crippen LogP contribution in [-0.2, 0) is 16.2 Å². The highest BCUT2D eigenvalue weighted by atomic mass is 32.2. The summed E-state index contributed by atoms with van der Waals surface area (Å²) in [4.78, 5) is 9.64. The number of benzene rings is 2. The average molecular weight is 384 g/mol. The molecule has 1 N–H and O–H groups in total. The molecule has 0 fully saturated rings. The maximum atomic E-state index is 12.6. The number of non-ortho nitro benzene ring substituents is 1. The second-order valence-electron chi connectivity index (χ2n) is 4.96. The highest BCUT2D eigenvalue weighted by Crippen LogP contribution is 2.29. The predicted molar refractivity (Wildman–Crippen MR) is 86.6 cm³/mol. The zero-order valence-corrected chi connectivity index (χ0v) is 13.8. The van der Waals surface area contributed by atoms with Crippen LogP contribution in [0.1, 0.15) is 11.1 Å². The normalized spacial score (nSPS) is 11.5. The Labute approximate surface area is 146 Å². The van der Waals surface area contributed by atoms with E-state index < -0.39 is 26.7 Å². The quantitative estimate of drug-likeness (QED) is 0.499. The number of nitro groups is 1. The zero-order valence-electron chi connectivity index (χ0n) is 12.9. The van der Waals surface area contributed by atoms with Crippen LogP contribution in [0.4, 0.5) is 18.9 Å². The van der Waals surface area contributed by atoms with Gasteiger partial charge in [-0.15, -0.1) is 0 Å². The van der Waals surface area contributed by atoms with Gasteiger partial charge in [0, 0.05) is 17.7 Å². The van der Waals surface area contributed by atoms with Crippen LogP contribution >= 0.6 is 0 Å². The molecule has 0 bridgehead atoms. The van der Waals surface area contributed by atoms with Gasteiger partial charge < -0.3 is 0 Å². The Kier molecular flexibility index (Phi) is 5.64. The fraction of sp³-hybridized carbons (Fsp3) is 0.125. The molecule has 0 spiro atoms. The van der Waals surface area contributed by atoms with Crippen LogP contribution < -0.4 is 4.72 Å². The Morgan fingerprint density at radius 3 is 2.46 bits per heavy atom. The molecule has 0 aliphatic heterocycles. The van der Waals surface area contributed by atoms with Crippen molar-refractivity contribution in [3.05, 3.63) is 69.8 Å². The molecule has 0 saturated heterocycles. The third kappa shape index (κ3) is 5.05. The lowest BCUT2D eigenvalue weighted by atomic mass is 10.1. The number of sulfonamides is 1. The number of nitro benzene ring substituents is 1. The van der Waals surface area contributed by atoms with Crippen molar-refractivity contribution in [2.24, 2.45) is 0 Å².